The number of para-hydroxylation sites is 1. The third-order valence-corrected chi connectivity index (χ3v) is 5.46. The number of carbonyl (C=O) groups is 2. The zero-order valence-corrected chi connectivity index (χ0v) is 16.6. The van der Waals surface area contributed by atoms with E-state index in [-0.39, 0.29) is 11.8 Å². The molecule has 1 aliphatic rings. The lowest BCUT2D eigenvalue weighted by Crippen LogP contribution is -2.26. The standard InChI is InChI=1S/C21H27N3O2S/c1-2-3-4-7-12-22-19(25)14-27-20-13-17(21(26)23-15-10-11-15)16-8-5-6-9-18(16)24-20/h5-6,8-9,13,15H,2-4,7,10-12,14H2,1H3,(H,22,25)(H,23,26). The van der Waals surface area contributed by atoms with Gasteiger partial charge in [-0.15, -0.1) is 0 Å². The topological polar surface area (TPSA) is 71.1 Å². The average Bonchev–Trinajstić information content (AvgIpc) is 3.49. The van der Waals surface area contributed by atoms with Crippen LogP contribution < -0.4 is 10.6 Å². The van der Waals surface area contributed by atoms with Gasteiger partial charge in [0.25, 0.3) is 5.91 Å². The Morgan fingerprint density at radius 2 is 2.00 bits per heavy atom. The second-order valence-corrected chi connectivity index (χ2v) is 7.97. The molecular formula is C21H27N3O2S. The van der Waals surface area contributed by atoms with Crippen LogP contribution in [-0.2, 0) is 4.79 Å². The minimum atomic E-state index is -0.0571. The molecule has 2 N–H and O–H groups in total. The first kappa shape index (κ1) is 19.7. The fraction of sp³-hybridized carbons (Fsp3) is 0.476. The molecule has 27 heavy (non-hydrogen) atoms. The first-order valence-electron chi connectivity index (χ1n) is 9.77. The normalized spacial score (nSPS) is 13.5. The molecule has 0 atom stereocenters. The van der Waals surface area contributed by atoms with Crippen LogP contribution in [0.4, 0.5) is 0 Å². The Morgan fingerprint density at radius 3 is 2.78 bits per heavy atom. The minimum Gasteiger partial charge on any atom is -0.355 e. The Morgan fingerprint density at radius 1 is 1.19 bits per heavy atom. The molecule has 0 radical (unpaired) electrons. The van der Waals surface area contributed by atoms with Crippen molar-refractivity contribution in [2.75, 3.05) is 12.3 Å². The number of nitrogens with zero attached hydrogens (tertiary/aromatic N) is 1. The Labute approximate surface area is 164 Å². The number of hydrogen-bond donors (Lipinski definition) is 2. The molecule has 0 aliphatic heterocycles. The SMILES string of the molecule is CCCCCCNC(=O)CSc1cc(C(=O)NC2CC2)c2ccccc2n1. The molecule has 0 saturated heterocycles. The Kier molecular flexibility index (Phi) is 7.10. The Hall–Kier alpha value is -2.08. The summed E-state index contributed by atoms with van der Waals surface area (Å²) in [6, 6.07) is 9.76. The summed E-state index contributed by atoms with van der Waals surface area (Å²) in [7, 11) is 0. The van der Waals surface area contributed by atoms with Gasteiger partial charge in [0, 0.05) is 18.0 Å². The molecule has 1 aromatic carbocycles. The van der Waals surface area contributed by atoms with E-state index in [1.165, 1.54) is 24.6 Å². The molecule has 0 bridgehead atoms. The highest BCUT2D eigenvalue weighted by molar-refractivity contribution is 7.99. The smallest absolute Gasteiger partial charge is 0.252 e. The molecule has 5 nitrogen and oxygen atoms in total. The quantitative estimate of drug-likeness (QED) is 0.480. The van der Waals surface area contributed by atoms with Crippen molar-refractivity contribution in [2.24, 2.45) is 0 Å². The van der Waals surface area contributed by atoms with Crippen LogP contribution >= 0.6 is 11.8 Å². The molecule has 0 spiro atoms. The zero-order valence-electron chi connectivity index (χ0n) is 15.8. The van der Waals surface area contributed by atoms with Gasteiger partial charge in [-0.05, 0) is 31.4 Å². The van der Waals surface area contributed by atoms with Gasteiger partial charge in [0.1, 0.15) is 0 Å². The van der Waals surface area contributed by atoms with Crippen LogP contribution in [0.15, 0.2) is 35.4 Å². The van der Waals surface area contributed by atoms with Crippen molar-refractivity contribution in [2.45, 2.75) is 56.5 Å². The second kappa shape index (κ2) is 9.74. The summed E-state index contributed by atoms with van der Waals surface area (Å²) in [6.45, 7) is 2.89. The van der Waals surface area contributed by atoms with Crippen LogP contribution in [0, 0.1) is 0 Å². The molecule has 3 rings (SSSR count). The summed E-state index contributed by atoms with van der Waals surface area (Å²) < 4.78 is 0. The molecular weight excluding hydrogens is 358 g/mol. The Balaban J connectivity index is 1.62. The summed E-state index contributed by atoms with van der Waals surface area (Å²) in [5.74, 6) is 0.261. The highest BCUT2D eigenvalue weighted by atomic mass is 32.2. The first-order chi connectivity index (χ1) is 13.2. The number of amides is 2. The number of carbonyl (C=O) groups excluding carboxylic acids is 2. The van der Waals surface area contributed by atoms with Crippen LogP contribution in [0.2, 0.25) is 0 Å². The third-order valence-electron chi connectivity index (χ3n) is 4.55. The van der Waals surface area contributed by atoms with E-state index in [1.54, 1.807) is 6.07 Å². The average molecular weight is 386 g/mol. The molecule has 2 amide bonds. The number of benzene rings is 1. The van der Waals surface area contributed by atoms with Crippen molar-refractivity contribution in [3.05, 3.63) is 35.9 Å². The number of unbranched alkanes of at least 4 members (excludes halogenated alkanes) is 3. The van der Waals surface area contributed by atoms with E-state index in [0.717, 1.165) is 43.1 Å². The molecule has 1 fully saturated rings. The van der Waals surface area contributed by atoms with Crippen LogP contribution in [0.5, 0.6) is 0 Å². The van der Waals surface area contributed by atoms with E-state index in [9.17, 15) is 9.59 Å². The Bertz CT molecular complexity index is 805. The van der Waals surface area contributed by atoms with Crippen molar-refractivity contribution >= 4 is 34.5 Å². The summed E-state index contributed by atoms with van der Waals surface area (Å²) in [4.78, 5) is 29.3. The number of nitrogens with one attached hydrogen (secondary N) is 2. The second-order valence-electron chi connectivity index (χ2n) is 6.97. The van der Waals surface area contributed by atoms with Crippen LogP contribution in [-0.4, -0.2) is 35.1 Å². The molecule has 1 saturated carbocycles. The van der Waals surface area contributed by atoms with Crippen molar-refractivity contribution in [1.82, 2.24) is 15.6 Å². The van der Waals surface area contributed by atoms with E-state index >= 15 is 0 Å². The number of rotatable bonds is 10. The molecule has 144 valence electrons. The van der Waals surface area contributed by atoms with Gasteiger partial charge in [0.15, 0.2) is 0 Å². The molecule has 2 aromatic rings. The van der Waals surface area contributed by atoms with Gasteiger partial charge >= 0.3 is 0 Å². The van der Waals surface area contributed by atoms with Crippen molar-refractivity contribution in [3.63, 3.8) is 0 Å². The zero-order chi connectivity index (χ0) is 19.1. The molecule has 6 heteroatoms. The summed E-state index contributed by atoms with van der Waals surface area (Å²) >= 11 is 1.37. The van der Waals surface area contributed by atoms with Gasteiger partial charge in [-0.2, -0.15) is 0 Å². The lowest BCUT2D eigenvalue weighted by Gasteiger charge is -2.10. The van der Waals surface area contributed by atoms with E-state index in [2.05, 4.69) is 22.5 Å². The van der Waals surface area contributed by atoms with Gasteiger partial charge in [-0.25, -0.2) is 4.98 Å². The number of aromatic nitrogens is 1. The largest absolute Gasteiger partial charge is 0.355 e. The highest BCUT2D eigenvalue weighted by Crippen LogP contribution is 2.26. The van der Waals surface area contributed by atoms with Gasteiger partial charge in [-0.1, -0.05) is 56.1 Å². The predicted octanol–water partition coefficient (Wildman–Crippen LogP) is 3.92. The van der Waals surface area contributed by atoms with E-state index in [4.69, 9.17) is 0 Å². The van der Waals surface area contributed by atoms with Crippen molar-refractivity contribution < 1.29 is 9.59 Å². The van der Waals surface area contributed by atoms with Gasteiger partial charge in [0.05, 0.1) is 21.9 Å². The summed E-state index contributed by atoms with van der Waals surface area (Å²) in [5.41, 5.74) is 1.42. The van der Waals surface area contributed by atoms with Crippen LogP contribution in [0.25, 0.3) is 10.9 Å². The number of pyridine rings is 1. The van der Waals surface area contributed by atoms with Gasteiger partial charge < -0.3 is 10.6 Å². The van der Waals surface area contributed by atoms with Crippen molar-refractivity contribution in [3.8, 4) is 0 Å². The minimum absolute atomic E-state index is 0.00967. The van der Waals surface area contributed by atoms with Gasteiger partial charge in [0.2, 0.25) is 5.91 Å². The lowest BCUT2D eigenvalue weighted by atomic mass is 10.1. The van der Waals surface area contributed by atoms with E-state index in [0.29, 0.717) is 22.4 Å². The number of thioether (sulfide) groups is 1. The predicted molar refractivity (Wildman–Crippen MR) is 110 cm³/mol. The van der Waals surface area contributed by atoms with Crippen LogP contribution in [0.3, 0.4) is 0 Å². The fourth-order valence-corrected chi connectivity index (χ4v) is 3.62. The van der Waals surface area contributed by atoms with Crippen molar-refractivity contribution in [1.29, 1.82) is 0 Å². The molecule has 1 aliphatic carbocycles. The third kappa shape index (κ3) is 5.96. The molecule has 1 aromatic heterocycles. The molecule has 0 unspecified atom stereocenters. The monoisotopic (exact) mass is 385 g/mol. The number of fused-ring (bicyclic) bond motifs is 1. The maximum absolute atomic E-state index is 12.6. The summed E-state index contributed by atoms with van der Waals surface area (Å²) in [6.07, 6.45) is 6.66. The van der Waals surface area contributed by atoms with E-state index in [1.807, 2.05) is 24.3 Å². The van der Waals surface area contributed by atoms with Crippen LogP contribution in [0.1, 0.15) is 55.8 Å². The van der Waals surface area contributed by atoms with Gasteiger partial charge in [-0.3, -0.25) is 9.59 Å². The highest BCUT2D eigenvalue weighted by Gasteiger charge is 2.25. The maximum Gasteiger partial charge on any atom is 0.252 e. The van der Waals surface area contributed by atoms with E-state index < -0.39 is 0 Å². The summed E-state index contributed by atoms with van der Waals surface area (Å²) in [5, 5.41) is 7.55. The first-order valence-corrected chi connectivity index (χ1v) is 10.8. The maximum atomic E-state index is 12.6. The fourth-order valence-electron chi connectivity index (χ4n) is 2.87. The lowest BCUT2D eigenvalue weighted by molar-refractivity contribution is -0.118. The number of hydrogen-bond acceptors (Lipinski definition) is 4. The molecule has 1 heterocycles.